The summed E-state index contributed by atoms with van der Waals surface area (Å²) in [5.41, 5.74) is -0.0720. The van der Waals surface area contributed by atoms with Gasteiger partial charge in [-0.25, -0.2) is 9.59 Å². The average molecular weight is 374 g/mol. The van der Waals surface area contributed by atoms with Gasteiger partial charge in [-0.05, 0) is 31.2 Å². The van der Waals surface area contributed by atoms with Gasteiger partial charge in [0.1, 0.15) is 12.7 Å². The van der Waals surface area contributed by atoms with Crippen molar-refractivity contribution in [3.8, 4) is 0 Å². The fourth-order valence-electron chi connectivity index (χ4n) is 2.00. The molecule has 1 atom stereocenters. The smallest absolute Gasteiger partial charge is 0.338 e. The maximum atomic E-state index is 12.0. The molecule has 0 aliphatic carbocycles. The van der Waals surface area contributed by atoms with Gasteiger partial charge in [0.2, 0.25) is 0 Å². The van der Waals surface area contributed by atoms with E-state index in [2.05, 4.69) is 0 Å². The minimum absolute atomic E-state index is 0.120. The van der Waals surface area contributed by atoms with Gasteiger partial charge in [-0.15, -0.1) is 0 Å². The van der Waals surface area contributed by atoms with E-state index in [1.807, 2.05) is 0 Å². The average Bonchev–Trinajstić information content (AvgIpc) is 2.66. The molecule has 140 valence electrons. The van der Waals surface area contributed by atoms with Crippen LogP contribution in [0, 0.1) is 20.2 Å². The van der Waals surface area contributed by atoms with E-state index in [9.17, 15) is 29.8 Å². The zero-order valence-corrected chi connectivity index (χ0v) is 14.1. The number of nitro groups is 2. The normalized spacial score (nSPS) is 11.3. The fourth-order valence-corrected chi connectivity index (χ4v) is 2.00. The quantitative estimate of drug-likeness (QED) is 0.409. The Morgan fingerprint density at radius 1 is 0.852 bits per heavy atom. The lowest BCUT2D eigenvalue weighted by Gasteiger charge is -2.13. The molecule has 27 heavy (non-hydrogen) atoms. The fraction of sp³-hybridized carbons (Fsp3) is 0.176. The topological polar surface area (TPSA) is 139 Å². The van der Waals surface area contributed by atoms with Crippen molar-refractivity contribution in [1.29, 1.82) is 0 Å². The first-order valence-electron chi connectivity index (χ1n) is 7.65. The second-order valence-electron chi connectivity index (χ2n) is 5.42. The predicted octanol–water partition coefficient (Wildman–Crippen LogP) is 2.91. The van der Waals surface area contributed by atoms with E-state index >= 15 is 0 Å². The molecule has 0 bridgehead atoms. The van der Waals surface area contributed by atoms with Crippen molar-refractivity contribution in [1.82, 2.24) is 0 Å². The summed E-state index contributed by atoms with van der Waals surface area (Å²) in [6.07, 6.45) is -0.769. The lowest BCUT2D eigenvalue weighted by atomic mass is 10.2. The molecule has 0 heterocycles. The second kappa shape index (κ2) is 8.52. The van der Waals surface area contributed by atoms with E-state index < -0.39 is 27.9 Å². The first-order chi connectivity index (χ1) is 12.8. The highest BCUT2D eigenvalue weighted by Crippen LogP contribution is 2.14. The summed E-state index contributed by atoms with van der Waals surface area (Å²) < 4.78 is 10.1. The molecule has 2 aromatic rings. The van der Waals surface area contributed by atoms with E-state index in [0.717, 1.165) is 0 Å². The van der Waals surface area contributed by atoms with Gasteiger partial charge in [-0.1, -0.05) is 0 Å². The number of rotatable bonds is 7. The molecule has 10 heteroatoms. The molecule has 1 unspecified atom stereocenters. The third-order valence-electron chi connectivity index (χ3n) is 3.39. The number of hydrogen-bond acceptors (Lipinski definition) is 8. The molecule has 2 rings (SSSR count). The van der Waals surface area contributed by atoms with Crippen LogP contribution in [0.2, 0.25) is 0 Å². The highest BCUT2D eigenvalue weighted by Gasteiger charge is 2.16. The van der Waals surface area contributed by atoms with Crippen LogP contribution in [0.3, 0.4) is 0 Å². The van der Waals surface area contributed by atoms with Gasteiger partial charge < -0.3 is 9.47 Å². The predicted molar refractivity (Wildman–Crippen MR) is 91.4 cm³/mol. The van der Waals surface area contributed by atoms with Gasteiger partial charge in [0, 0.05) is 24.3 Å². The van der Waals surface area contributed by atoms with Crippen molar-refractivity contribution < 1.29 is 28.9 Å². The summed E-state index contributed by atoms with van der Waals surface area (Å²) >= 11 is 0. The summed E-state index contributed by atoms with van der Waals surface area (Å²) in [6, 6.07) is 9.74. The Bertz CT molecular complexity index is 862. The molecule has 0 radical (unpaired) electrons. The summed E-state index contributed by atoms with van der Waals surface area (Å²) in [6.45, 7) is 1.28. The van der Waals surface area contributed by atoms with Gasteiger partial charge in [0.15, 0.2) is 0 Å². The van der Waals surface area contributed by atoms with E-state index in [0.29, 0.717) is 0 Å². The summed E-state index contributed by atoms with van der Waals surface area (Å²) in [7, 11) is 0. The Kier molecular flexibility index (Phi) is 6.15. The van der Waals surface area contributed by atoms with Crippen LogP contribution in [0.4, 0.5) is 11.4 Å². The van der Waals surface area contributed by atoms with Crippen molar-refractivity contribution in [3.63, 3.8) is 0 Å². The summed E-state index contributed by atoms with van der Waals surface area (Å²) in [4.78, 5) is 43.8. The standard InChI is InChI=1S/C17H14N2O8/c1-11(27-17(21)13-4-8-15(9-5-13)19(24)25)10-26-16(20)12-2-6-14(7-3-12)18(22)23/h2-9,11H,10H2,1H3. The van der Waals surface area contributed by atoms with E-state index in [-0.39, 0.29) is 29.1 Å². The van der Waals surface area contributed by atoms with Crippen LogP contribution in [-0.2, 0) is 9.47 Å². The highest BCUT2D eigenvalue weighted by molar-refractivity contribution is 5.90. The first kappa shape index (κ1) is 19.5. The molecule has 0 saturated carbocycles. The van der Waals surface area contributed by atoms with Gasteiger partial charge in [0.25, 0.3) is 11.4 Å². The number of carbonyl (C=O) groups is 2. The zero-order valence-electron chi connectivity index (χ0n) is 14.1. The minimum Gasteiger partial charge on any atom is -0.458 e. The van der Waals surface area contributed by atoms with Crippen LogP contribution < -0.4 is 0 Å². The number of hydrogen-bond donors (Lipinski definition) is 0. The Labute approximate surface area is 152 Å². The van der Waals surface area contributed by atoms with Crippen LogP contribution in [0.1, 0.15) is 27.6 Å². The highest BCUT2D eigenvalue weighted by atomic mass is 16.6. The van der Waals surface area contributed by atoms with Gasteiger partial charge >= 0.3 is 11.9 Å². The van der Waals surface area contributed by atoms with E-state index in [1.165, 1.54) is 55.5 Å². The number of esters is 2. The Morgan fingerprint density at radius 3 is 1.67 bits per heavy atom. The molecule has 0 amide bonds. The largest absolute Gasteiger partial charge is 0.458 e. The van der Waals surface area contributed by atoms with Crippen LogP contribution in [-0.4, -0.2) is 34.5 Å². The van der Waals surface area contributed by atoms with Crippen molar-refractivity contribution in [3.05, 3.63) is 79.9 Å². The molecule has 0 fully saturated rings. The number of carbonyl (C=O) groups excluding carboxylic acids is 2. The summed E-state index contributed by atoms with van der Waals surface area (Å²) in [5, 5.41) is 21.2. The Hall–Kier alpha value is -3.82. The van der Waals surface area contributed by atoms with Crippen molar-refractivity contribution >= 4 is 23.3 Å². The molecule has 0 aliphatic heterocycles. The number of nitro benzene ring substituents is 2. The second-order valence-corrected chi connectivity index (χ2v) is 5.42. The van der Waals surface area contributed by atoms with Crippen LogP contribution >= 0.6 is 0 Å². The Morgan fingerprint density at radius 2 is 1.26 bits per heavy atom. The van der Waals surface area contributed by atoms with Crippen molar-refractivity contribution in [2.75, 3.05) is 6.61 Å². The molecular formula is C17H14N2O8. The first-order valence-corrected chi connectivity index (χ1v) is 7.65. The molecule has 0 aliphatic rings. The van der Waals surface area contributed by atoms with Gasteiger partial charge in [-0.3, -0.25) is 20.2 Å². The number of benzene rings is 2. The lowest BCUT2D eigenvalue weighted by Crippen LogP contribution is -2.22. The molecule has 0 saturated heterocycles. The third kappa shape index (κ3) is 5.33. The molecule has 2 aromatic carbocycles. The molecule has 0 aromatic heterocycles. The minimum atomic E-state index is -0.769. The van der Waals surface area contributed by atoms with E-state index in [4.69, 9.17) is 9.47 Å². The lowest BCUT2D eigenvalue weighted by molar-refractivity contribution is -0.385. The molecule has 0 N–H and O–H groups in total. The SMILES string of the molecule is CC(COC(=O)c1ccc([N+](=O)[O-])cc1)OC(=O)c1ccc([N+](=O)[O-])cc1. The van der Waals surface area contributed by atoms with Crippen molar-refractivity contribution in [2.45, 2.75) is 13.0 Å². The number of ether oxygens (including phenoxy) is 2. The Balaban J connectivity index is 1.86. The summed E-state index contributed by atoms with van der Waals surface area (Å²) in [5.74, 6) is -1.44. The third-order valence-corrected chi connectivity index (χ3v) is 3.39. The molecule has 0 spiro atoms. The maximum Gasteiger partial charge on any atom is 0.338 e. The van der Waals surface area contributed by atoms with E-state index in [1.54, 1.807) is 0 Å². The van der Waals surface area contributed by atoms with Crippen molar-refractivity contribution in [2.24, 2.45) is 0 Å². The van der Waals surface area contributed by atoms with Crippen LogP contribution in [0.25, 0.3) is 0 Å². The molecular weight excluding hydrogens is 360 g/mol. The van der Waals surface area contributed by atoms with Gasteiger partial charge in [0.05, 0.1) is 21.0 Å². The van der Waals surface area contributed by atoms with Crippen LogP contribution in [0.15, 0.2) is 48.5 Å². The monoisotopic (exact) mass is 374 g/mol. The van der Waals surface area contributed by atoms with Crippen LogP contribution in [0.5, 0.6) is 0 Å². The molecule has 10 nitrogen and oxygen atoms in total. The van der Waals surface area contributed by atoms with Gasteiger partial charge in [-0.2, -0.15) is 0 Å². The number of nitrogens with zero attached hydrogens (tertiary/aromatic N) is 2. The zero-order chi connectivity index (χ0) is 20.0. The maximum absolute atomic E-state index is 12.0. The number of non-ortho nitro benzene ring substituents is 2.